The van der Waals surface area contributed by atoms with Gasteiger partial charge in [-0.3, -0.25) is 9.63 Å². The summed E-state index contributed by atoms with van der Waals surface area (Å²) in [5.74, 6) is -1.19. The molecule has 0 saturated carbocycles. The second-order valence-electron chi connectivity index (χ2n) is 3.06. The van der Waals surface area contributed by atoms with E-state index in [9.17, 15) is 9.59 Å². The number of aromatic nitrogens is 2. The van der Waals surface area contributed by atoms with Crippen LogP contribution in [-0.2, 0) is 4.84 Å². The highest BCUT2D eigenvalue weighted by Crippen LogP contribution is 2.02. The van der Waals surface area contributed by atoms with E-state index in [1.807, 2.05) is 0 Å². The van der Waals surface area contributed by atoms with Crippen molar-refractivity contribution in [3.05, 3.63) is 34.3 Å². The van der Waals surface area contributed by atoms with Crippen molar-refractivity contribution in [2.24, 2.45) is 0 Å². The van der Waals surface area contributed by atoms with E-state index in [0.717, 1.165) is 16.6 Å². The summed E-state index contributed by atoms with van der Waals surface area (Å²) in [6.07, 6.45) is 0. The first-order chi connectivity index (χ1) is 9.06. The summed E-state index contributed by atoms with van der Waals surface area (Å²) in [5, 5.41) is 12.7. The minimum atomic E-state index is -0.966. The van der Waals surface area contributed by atoms with Gasteiger partial charge in [0.2, 0.25) is 0 Å². The fourth-order valence-corrected chi connectivity index (χ4v) is 1.90. The van der Waals surface area contributed by atoms with Gasteiger partial charge in [0, 0.05) is 17.8 Å². The van der Waals surface area contributed by atoms with Crippen molar-refractivity contribution in [3.63, 3.8) is 0 Å². The molecule has 0 atom stereocenters. The first-order valence-electron chi connectivity index (χ1n) is 4.92. The first-order valence-corrected chi connectivity index (χ1v) is 6.59. The van der Waals surface area contributed by atoms with Gasteiger partial charge in [-0.15, -0.1) is 0 Å². The van der Waals surface area contributed by atoms with Gasteiger partial charge in [0.25, 0.3) is 5.91 Å². The number of nitrogens with zero attached hydrogens (tertiary/aromatic N) is 3. The van der Waals surface area contributed by atoms with Gasteiger partial charge in [-0.25, -0.2) is 9.86 Å². The third-order valence-electron chi connectivity index (χ3n) is 1.87. The molecular weight excluding hydrogens is 290 g/mol. The van der Waals surface area contributed by atoms with Crippen LogP contribution in [0.25, 0.3) is 0 Å². The Labute approximate surface area is 117 Å². The average Bonchev–Trinajstić information content (AvgIpc) is 3.09. The summed E-state index contributed by atoms with van der Waals surface area (Å²) in [5.41, 5.74) is 0.536. The average molecular weight is 301 g/mol. The monoisotopic (exact) mass is 301 g/mol. The Hall–Kier alpha value is -1.84. The Morgan fingerprint density at radius 2 is 1.74 bits per heavy atom. The topological polar surface area (TPSA) is 92.6 Å². The Morgan fingerprint density at radius 1 is 1.21 bits per heavy atom. The lowest BCUT2D eigenvalue weighted by atomic mass is 10.4. The van der Waals surface area contributed by atoms with E-state index in [0.29, 0.717) is 5.69 Å². The molecule has 0 aliphatic rings. The Bertz CT molecular complexity index is 513. The molecule has 0 saturated heterocycles. The molecular formula is C10H11N3O4S2. The van der Waals surface area contributed by atoms with Gasteiger partial charge in [0.15, 0.2) is 5.69 Å². The van der Waals surface area contributed by atoms with Crippen molar-refractivity contribution in [1.82, 2.24) is 13.8 Å². The molecule has 0 unspecified atom stereocenters. The van der Waals surface area contributed by atoms with Crippen LogP contribution in [0.1, 0.15) is 21.0 Å². The van der Waals surface area contributed by atoms with Gasteiger partial charge in [-0.2, -0.15) is 8.75 Å². The molecule has 0 aliphatic carbocycles. The summed E-state index contributed by atoms with van der Waals surface area (Å²) in [4.78, 5) is 25.9. The standard InChI is InChI=1S/C6H8N2O2S.C4H3NO2S/c1-8(10-2)6(9)5-3-4-11-7-5;6-4(7)3-1-2-8-5-3/h3-4H,1-2H3;1-2H,(H,6,7). The lowest BCUT2D eigenvalue weighted by Crippen LogP contribution is -2.25. The highest BCUT2D eigenvalue weighted by Gasteiger charge is 2.12. The second kappa shape index (κ2) is 7.56. The Balaban J connectivity index is 0.000000200. The summed E-state index contributed by atoms with van der Waals surface area (Å²) in [7, 11) is 2.98. The van der Waals surface area contributed by atoms with Crippen LogP contribution in [0.3, 0.4) is 0 Å². The molecule has 0 aromatic carbocycles. The third kappa shape index (κ3) is 4.73. The number of carbonyl (C=O) groups is 2. The van der Waals surface area contributed by atoms with Crippen molar-refractivity contribution >= 4 is 34.9 Å². The van der Waals surface area contributed by atoms with E-state index in [-0.39, 0.29) is 11.6 Å². The van der Waals surface area contributed by atoms with Crippen LogP contribution < -0.4 is 0 Å². The van der Waals surface area contributed by atoms with Gasteiger partial charge in [0.05, 0.1) is 7.11 Å². The fourth-order valence-electron chi connectivity index (χ4n) is 0.890. The summed E-state index contributed by atoms with van der Waals surface area (Å²) in [6.45, 7) is 0. The number of carbonyl (C=O) groups excluding carboxylic acids is 1. The van der Waals surface area contributed by atoms with E-state index in [1.54, 1.807) is 23.9 Å². The van der Waals surface area contributed by atoms with E-state index in [1.165, 1.54) is 24.7 Å². The molecule has 0 fully saturated rings. The van der Waals surface area contributed by atoms with Crippen LogP contribution in [-0.4, -0.2) is 45.0 Å². The van der Waals surface area contributed by atoms with Gasteiger partial charge < -0.3 is 5.11 Å². The molecule has 1 N–H and O–H groups in total. The predicted octanol–water partition coefficient (Wildman–Crippen LogP) is 1.62. The van der Waals surface area contributed by atoms with Crippen LogP contribution in [0.4, 0.5) is 0 Å². The maximum atomic E-state index is 11.2. The lowest BCUT2D eigenvalue weighted by molar-refractivity contribution is -0.0759. The van der Waals surface area contributed by atoms with Crippen molar-refractivity contribution in [2.45, 2.75) is 0 Å². The van der Waals surface area contributed by atoms with Crippen molar-refractivity contribution in [3.8, 4) is 0 Å². The van der Waals surface area contributed by atoms with Crippen LogP contribution in [0.2, 0.25) is 0 Å². The number of hydrogen-bond donors (Lipinski definition) is 1. The minimum Gasteiger partial charge on any atom is -0.476 e. The Kier molecular flexibility index (Phi) is 6.06. The fraction of sp³-hybridized carbons (Fsp3) is 0.200. The van der Waals surface area contributed by atoms with Gasteiger partial charge in [-0.05, 0) is 35.2 Å². The quantitative estimate of drug-likeness (QED) is 0.866. The molecule has 19 heavy (non-hydrogen) atoms. The van der Waals surface area contributed by atoms with Crippen molar-refractivity contribution in [1.29, 1.82) is 0 Å². The number of aromatic carboxylic acids is 1. The molecule has 2 aromatic heterocycles. The summed E-state index contributed by atoms with van der Waals surface area (Å²) >= 11 is 2.38. The first kappa shape index (κ1) is 15.2. The summed E-state index contributed by atoms with van der Waals surface area (Å²) in [6, 6.07) is 3.12. The molecule has 0 radical (unpaired) electrons. The zero-order chi connectivity index (χ0) is 14.3. The van der Waals surface area contributed by atoms with Gasteiger partial charge >= 0.3 is 5.97 Å². The largest absolute Gasteiger partial charge is 0.476 e. The van der Waals surface area contributed by atoms with Crippen LogP contribution in [0, 0.1) is 0 Å². The molecule has 102 valence electrons. The minimum absolute atomic E-state index is 0.120. The highest BCUT2D eigenvalue weighted by atomic mass is 32.1. The third-order valence-corrected chi connectivity index (χ3v) is 2.99. The lowest BCUT2D eigenvalue weighted by Gasteiger charge is -2.10. The number of carboxylic acid groups (broad SMARTS) is 1. The molecule has 2 heterocycles. The van der Waals surface area contributed by atoms with E-state index < -0.39 is 5.97 Å². The summed E-state index contributed by atoms with van der Waals surface area (Å²) < 4.78 is 7.41. The van der Waals surface area contributed by atoms with Crippen LogP contribution in [0.15, 0.2) is 22.9 Å². The molecule has 0 aliphatic heterocycles. The van der Waals surface area contributed by atoms with E-state index >= 15 is 0 Å². The normalized spacial score (nSPS) is 9.37. The highest BCUT2D eigenvalue weighted by molar-refractivity contribution is 7.03. The molecule has 2 rings (SSSR count). The maximum absolute atomic E-state index is 11.2. The van der Waals surface area contributed by atoms with Crippen LogP contribution >= 0.6 is 23.1 Å². The zero-order valence-electron chi connectivity index (χ0n) is 10.1. The van der Waals surface area contributed by atoms with E-state index in [2.05, 4.69) is 13.6 Å². The number of carboxylic acids is 1. The Morgan fingerprint density at radius 3 is 2.05 bits per heavy atom. The molecule has 7 nitrogen and oxygen atoms in total. The number of rotatable bonds is 3. The van der Waals surface area contributed by atoms with E-state index in [4.69, 9.17) is 5.11 Å². The van der Waals surface area contributed by atoms with Crippen molar-refractivity contribution < 1.29 is 19.5 Å². The molecule has 0 spiro atoms. The maximum Gasteiger partial charge on any atom is 0.355 e. The number of hydrogen-bond acceptors (Lipinski definition) is 7. The molecule has 9 heteroatoms. The number of hydroxylamine groups is 2. The SMILES string of the molecule is CON(C)C(=O)c1ccsn1.O=C(O)c1ccsn1. The zero-order valence-corrected chi connectivity index (χ0v) is 11.8. The predicted molar refractivity (Wildman–Crippen MR) is 70.3 cm³/mol. The molecule has 0 bridgehead atoms. The number of amides is 1. The molecule has 2 aromatic rings. The molecule has 1 amide bonds. The van der Waals surface area contributed by atoms with Gasteiger partial charge in [-0.1, -0.05) is 0 Å². The van der Waals surface area contributed by atoms with Gasteiger partial charge in [0.1, 0.15) is 5.69 Å². The van der Waals surface area contributed by atoms with Crippen LogP contribution in [0.5, 0.6) is 0 Å². The smallest absolute Gasteiger partial charge is 0.355 e. The van der Waals surface area contributed by atoms with Crippen molar-refractivity contribution in [2.75, 3.05) is 14.2 Å². The second-order valence-corrected chi connectivity index (χ2v) is 4.39.